The van der Waals surface area contributed by atoms with E-state index in [0.29, 0.717) is 10.0 Å². The molecule has 2 N–H and O–H groups in total. The summed E-state index contributed by atoms with van der Waals surface area (Å²) in [5.74, 6) is -1.24. The monoisotopic (exact) mass is 370 g/mol. The van der Waals surface area contributed by atoms with Crippen molar-refractivity contribution in [3.63, 3.8) is 0 Å². The van der Waals surface area contributed by atoms with Crippen molar-refractivity contribution in [2.45, 2.75) is 11.8 Å². The molecule has 0 aliphatic carbocycles. The van der Waals surface area contributed by atoms with Crippen molar-refractivity contribution in [3.8, 4) is 0 Å². The molecule has 0 saturated carbocycles. The van der Waals surface area contributed by atoms with Crippen LogP contribution in [0.2, 0.25) is 0 Å². The molecular formula is C13H11BrN2O4S. The zero-order chi connectivity index (χ0) is 15.6. The van der Waals surface area contributed by atoms with Gasteiger partial charge in [0.25, 0.3) is 10.0 Å². The second-order valence-corrected chi connectivity index (χ2v) is 6.81. The second kappa shape index (κ2) is 5.82. The molecule has 1 aromatic heterocycles. The van der Waals surface area contributed by atoms with Crippen molar-refractivity contribution >= 4 is 37.6 Å². The Bertz CT molecular complexity index is 806. The first-order valence-corrected chi connectivity index (χ1v) is 8.05. The van der Waals surface area contributed by atoms with Crippen LogP contribution in [0, 0.1) is 6.92 Å². The molecule has 0 spiro atoms. The first-order chi connectivity index (χ1) is 9.81. The summed E-state index contributed by atoms with van der Waals surface area (Å²) in [6.07, 6.45) is 2.44. The fourth-order valence-corrected chi connectivity index (χ4v) is 3.57. The number of hydrogen-bond donors (Lipinski definition) is 2. The summed E-state index contributed by atoms with van der Waals surface area (Å²) in [4.78, 5) is 14.9. The third-order valence-electron chi connectivity index (χ3n) is 2.74. The van der Waals surface area contributed by atoms with Gasteiger partial charge in [-0.15, -0.1) is 0 Å². The molecule has 0 amide bonds. The molecule has 1 heterocycles. The van der Waals surface area contributed by atoms with Gasteiger partial charge in [-0.1, -0.05) is 22.0 Å². The number of halogens is 1. The number of sulfonamides is 1. The highest BCUT2D eigenvalue weighted by atomic mass is 79.9. The Hall–Kier alpha value is -1.93. The molecular weight excluding hydrogens is 360 g/mol. The molecule has 0 aliphatic heterocycles. The van der Waals surface area contributed by atoms with Gasteiger partial charge in [0.05, 0.1) is 22.3 Å². The van der Waals surface area contributed by atoms with Crippen LogP contribution in [0.5, 0.6) is 0 Å². The van der Waals surface area contributed by atoms with Crippen LogP contribution in [0.25, 0.3) is 0 Å². The van der Waals surface area contributed by atoms with E-state index in [1.807, 2.05) is 0 Å². The maximum absolute atomic E-state index is 12.4. The van der Waals surface area contributed by atoms with Crippen molar-refractivity contribution in [2.24, 2.45) is 0 Å². The van der Waals surface area contributed by atoms with Gasteiger partial charge in [-0.3, -0.25) is 9.71 Å². The summed E-state index contributed by atoms with van der Waals surface area (Å²) in [6, 6.07) is 6.06. The average Bonchev–Trinajstić information content (AvgIpc) is 2.41. The van der Waals surface area contributed by atoms with E-state index >= 15 is 0 Å². The quantitative estimate of drug-likeness (QED) is 0.862. The number of carboxylic acid groups (broad SMARTS) is 1. The van der Waals surface area contributed by atoms with Crippen LogP contribution < -0.4 is 4.72 Å². The lowest BCUT2D eigenvalue weighted by atomic mass is 10.2. The Kier molecular flexibility index (Phi) is 4.29. The highest BCUT2D eigenvalue weighted by Crippen LogP contribution is 2.24. The zero-order valence-electron chi connectivity index (χ0n) is 10.9. The Morgan fingerprint density at radius 2 is 2.05 bits per heavy atom. The Morgan fingerprint density at radius 1 is 1.33 bits per heavy atom. The van der Waals surface area contributed by atoms with Gasteiger partial charge < -0.3 is 5.11 Å². The highest BCUT2D eigenvalue weighted by molar-refractivity contribution is 9.10. The van der Waals surface area contributed by atoms with Crippen LogP contribution in [0.15, 0.2) is 46.0 Å². The SMILES string of the molecule is Cc1ccc(Br)cc1S(=O)(=O)Nc1cnccc1C(=O)O. The first-order valence-electron chi connectivity index (χ1n) is 5.77. The number of pyridine rings is 1. The standard InChI is InChI=1S/C13H11BrN2O4S/c1-8-2-3-9(14)6-12(8)21(19,20)16-11-7-15-5-4-10(11)13(17)18/h2-7,16H,1H3,(H,17,18). The molecule has 0 unspecified atom stereocenters. The molecule has 0 atom stereocenters. The van der Waals surface area contributed by atoms with E-state index in [1.54, 1.807) is 19.1 Å². The molecule has 21 heavy (non-hydrogen) atoms. The van der Waals surface area contributed by atoms with Crippen molar-refractivity contribution in [2.75, 3.05) is 4.72 Å². The number of benzene rings is 1. The Morgan fingerprint density at radius 3 is 2.71 bits per heavy atom. The third kappa shape index (κ3) is 3.40. The number of carbonyl (C=O) groups is 1. The first kappa shape index (κ1) is 15.5. The summed E-state index contributed by atoms with van der Waals surface area (Å²) < 4.78 is 27.7. The van der Waals surface area contributed by atoms with Crippen LogP contribution in [-0.4, -0.2) is 24.5 Å². The summed E-state index contributed by atoms with van der Waals surface area (Å²) in [6.45, 7) is 1.66. The molecule has 2 aromatic rings. The Balaban J connectivity index is 2.48. The normalized spacial score (nSPS) is 11.1. The zero-order valence-corrected chi connectivity index (χ0v) is 13.3. The summed E-state index contributed by atoms with van der Waals surface area (Å²) >= 11 is 3.21. The van der Waals surface area contributed by atoms with Crippen molar-refractivity contribution < 1.29 is 18.3 Å². The predicted octanol–water partition coefficient (Wildman–Crippen LogP) is 2.65. The average molecular weight is 371 g/mol. The Labute approximate surface area is 130 Å². The van der Waals surface area contributed by atoms with Gasteiger partial charge in [-0.2, -0.15) is 0 Å². The second-order valence-electron chi connectivity index (χ2n) is 4.24. The van der Waals surface area contributed by atoms with E-state index in [2.05, 4.69) is 25.6 Å². The molecule has 1 aromatic carbocycles. The van der Waals surface area contributed by atoms with E-state index in [9.17, 15) is 13.2 Å². The highest BCUT2D eigenvalue weighted by Gasteiger charge is 2.20. The number of aromatic nitrogens is 1. The van der Waals surface area contributed by atoms with E-state index in [4.69, 9.17) is 5.11 Å². The third-order valence-corrected chi connectivity index (χ3v) is 4.74. The summed E-state index contributed by atoms with van der Waals surface area (Å²) in [7, 11) is -3.91. The van der Waals surface area contributed by atoms with Crippen molar-refractivity contribution in [1.82, 2.24) is 4.98 Å². The van der Waals surface area contributed by atoms with E-state index in [1.165, 1.54) is 18.3 Å². The molecule has 0 fully saturated rings. The molecule has 0 saturated heterocycles. The molecule has 0 radical (unpaired) electrons. The molecule has 2 rings (SSSR count). The molecule has 110 valence electrons. The maximum atomic E-state index is 12.4. The summed E-state index contributed by atoms with van der Waals surface area (Å²) in [5.41, 5.74) is 0.303. The molecule has 6 nitrogen and oxygen atoms in total. The molecule has 8 heteroatoms. The number of nitrogens with zero attached hydrogens (tertiary/aromatic N) is 1. The van der Waals surface area contributed by atoms with Crippen LogP contribution in [0.1, 0.15) is 15.9 Å². The van der Waals surface area contributed by atoms with E-state index in [0.717, 1.165) is 6.20 Å². The lowest BCUT2D eigenvalue weighted by molar-refractivity contribution is 0.0698. The lowest BCUT2D eigenvalue weighted by Crippen LogP contribution is -2.16. The van der Waals surface area contributed by atoms with Gasteiger partial charge >= 0.3 is 5.97 Å². The maximum Gasteiger partial charge on any atom is 0.337 e. The lowest BCUT2D eigenvalue weighted by Gasteiger charge is -2.12. The topological polar surface area (TPSA) is 96.4 Å². The number of anilines is 1. The number of rotatable bonds is 4. The number of carboxylic acids is 1. The van der Waals surface area contributed by atoms with Crippen LogP contribution in [0.3, 0.4) is 0 Å². The number of nitrogens with one attached hydrogen (secondary N) is 1. The van der Waals surface area contributed by atoms with Gasteiger partial charge in [-0.05, 0) is 30.7 Å². The number of hydrogen-bond acceptors (Lipinski definition) is 4. The van der Waals surface area contributed by atoms with Crippen LogP contribution in [0.4, 0.5) is 5.69 Å². The summed E-state index contributed by atoms with van der Waals surface area (Å²) in [5, 5.41) is 9.06. The predicted molar refractivity (Wildman–Crippen MR) is 80.9 cm³/mol. The van der Waals surface area contributed by atoms with Crippen LogP contribution >= 0.6 is 15.9 Å². The number of aromatic carboxylic acids is 1. The minimum absolute atomic E-state index is 0.0667. The fraction of sp³-hybridized carbons (Fsp3) is 0.0769. The fourth-order valence-electron chi connectivity index (χ4n) is 1.73. The van der Waals surface area contributed by atoms with E-state index in [-0.39, 0.29) is 16.1 Å². The molecule has 0 aliphatic rings. The van der Waals surface area contributed by atoms with Gasteiger partial charge in [0, 0.05) is 10.7 Å². The van der Waals surface area contributed by atoms with Gasteiger partial charge in [-0.25, -0.2) is 13.2 Å². The largest absolute Gasteiger partial charge is 0.478 e. The van der Waals surface area contributed by atoms with E-state index < -0.39 is 16.0 Å². The van der Waals surface area contributed by atoms with Crippen molar-refractivity contribution in [3.05, 3.63) is 52.3 Å². The minimum atomic E-state index is -3.91. The van der Waals surface area contributed by atoms with Crippen molar-refractivity contribution in [1.29, 1.82) is 0 Å². The van der Waals surface area contributed by atoms with Gasteiger partial charge in [0.1, 0.15) is 0 Å². The minimum Gasteiger partial charge on any atom is -0.478 e. The smallest absolute Gasteiger partial charge is 0.337 e. The number of aryl methyl sites for hydroxylation is 1. The van der Waals surface area contributed by atoms with Crippen LogP contribution in [-0.2, 0) is 10.0 Å². The molecule has 0 bridgehead atoms. The van der Waals surface area contributed by atoms with Gasteiger partial charge in [0.2, 0.25) is 0 Å². The van der Waals surface area contributed by atoms with Gasteiger partial charge in [0.15, 0.2) is 0 Å².